The van der Waals surface area contributed by atoms with E-state index in [0.29, 0.717) is 0 Å². The molecule has 0 rings (SSSR count). The molecule has 0 bridgehead atoms. The van der Waals surface area contributed by atoms with Crippen molar-refractivity contribution in [3.63, 3.8) is 0 Å². The molecule has 0 aromatic carbocycles. The number of hydrogen-bond acceptors (Lipinski definition) is 2. The topological polar surface area (TPSA) is 47.6 Å². The summed E-state index contributed by atoms with van der Waals surface area (Å²) in [6.45, 7) is 0. The van der Waals surface area contributed by atoms with Gasteiger partial charge in [-0.05, 0) is 0 Å². The summed E-state index contributed by atoms with van der Waals surface area (Å²) in [4.78, 5) is 0. The van der Waals surface area contributed by atoms with Gasteiger partial charge in [0.05, 0.1) is 0 Å². The van der Waals surface area contributed by atoms with Gasteiger partial charge in [-0.3, -0.25) is 0 Å². The first-order valence-electron chi connectivity index (χ1n) is 0.697. The Balaban J connectivity index is 0. The molecule has 5 heavy (non-hydrogen) atoms. The quantitative estimate of drug-likeness (QED) is 0.403. The van der Waals surface area contributed by atoms with Crippen molar-refractivity contribution >= 4 is 17.1 Å². The van der Waals surface area contributed by atoms with E-state index < -0.39 is 0 Å². The summed E-state index contributed by atoms with van der Waals surface area (Å²) in [7, 11) is 0. The van der Waals surface area contributed by atoms with Crippen molar-refractivity contribution in [3.05, 3.63) is 0 Å². The van der Waals surface area contributed by atoms with Crippen molar-refractivity contribution in [1.82, 2.24) is 0 Å². The van der Waals surface area contributed by atoms with Crippen LogP contribution in [-0.2, 0) is 0 Å². The van der Waals surface area contributed by atoms with Crippen LogP contribution in [0, 0.1) is 22.7 Å². The Bertz CT molecular complexity index is 62.6. The van der Waals surface area contributed by atoms with Crippen LogP contribution in [0.4, 0.5) is 0 Å². The van der Waals surface area contributed by atoms with Crippen LogP contribution in [0.15, 0.2) is 0 Å². The van der Waals surface area contributed by atoms with Gasteiger partial charge >= 0.3 is 17.1 Å². The maximum atomic E-state index is 7.26. The number of rotatable bonds is 0. The van der Waals surface area contributed by atoms with Crippen LogP contribution >= 0.6 is 0 Å². The zero-order valence-electron chi connectivity index (χ0n) is 2.39. The van der Waals surface area contributed by atoms with Crippen LogP contribution in [0.3, 0.4) is 0 Å². The third-order valence-electron chi connectivity index (χ3n) is 0.0500. The number of nitriles is 2. The van der Waals surface area contributed by atoms with E-state index >= 15 is 0 Å². The second kappa shape index (κ2) is 9.72. The van der Waals surface area contributed by atoms with Crippen LogP contribution in [-0.4, -0.2) is 17.1 Å². The maximum absolute atomic E-state index is 7.26. The summed E-state index contributed by atoms with van der Waals surface area (Å²) in [6.07, 6.45) is 0. The molecular formula is C2H2N2Se. The number of nitrogens with zero attached hydrogens (tertiary/aromatic N) is 2. The first kappa shape index (κ1) is 8.82. The Kier molecular flexibility index (Phi) is 17.2. The molecule has 26 valence electrons. The molecule has 0 aliphatic carbocycles. The Hall–Kier alpha value is -0.501. The Morgan fingerprint density at radius 3 is 1.20 bits per heavy atom. The fourth-order valence-electron chi connectivity index (χ4n) is 0. The molecule has 0 aliphatic rings. The molecule has 0 saturated heterocycles. The molecule has 0 atom stereocenters. The third kappa shape index (κ3) is 31.5. The van der Waals surface area contributed by atoms with Gasteiger partial charge in [0.2, 0.25) is 0 Å². The summed E-state index contributed by atoms with van der Waals surface area (Å²) in [5.74, 6) is 0. The molecule has 2 nitrogen and oxygen atoms in total. The van der Waals surface area contributed by atoms with Gasteiger partial charge in [0, 0.05) is 0 Å². The van der Waals surface area contributed by atoms with E-state index in [1.807, 2.05) is 0 Å². The average molecular weight is 133 g/mol. The molecule has 0 unspecified atom stereocenters. The molecule has 0 heterocycles. The summed E-state index contributed by atoms with van der Waals surface area (Å²) < 4.78 is 0. The van der Waals surface area contributed by atoms with Crippen molar-refractivity contribution < 1.29 is 0 Å². The van der Waals surface area contributed by atoms with Gasteiger partial charge in [0.1, 0.15) is 0 Å². The van der Waals surface area contributed by atoms with Crippen molar-refractivity contribution in [2.24, 2.45) is 0 Å². The van der Waals surface area contributed by atoms with E-state index in [-0.39, 0.29) is 17.1 Å². The molecule has 0 amide bonds. The van der Waals surface area contributed by atoms with E-state index in [0.717, 1.165) is 0 Å². The van der Waals surface area contributed by atoms with Crippen LogP contribution in [0.2, 0.25) is 0 Å². The van der Waals surface area contributed by atoms with Crippen LogP contribution in [0.25, 0.3) is 0 Å². The van der Waals surface area contributed by atoms with Crippen molar-refractivity contribution in [2.75, 3.05) is 0 Å². The Labute approximate surface area is 40.5 Å². The fraction of sp³-hybridized carbons (Fsp3) is 0. The third-order valence-corrected chi connectivity index (χ3v) is 0.0500. The van der Waals surface area contributed by atoms with E-state index in [9.17, 15) is 0 Å². The molecule has 0 spiro atoms. The first-order valence-corrected chi connectivity index (χ1v) is 0.697. The Morgan fingerprint density at radius 2 is 1.20 bits per heavy atom. The minimum atomic E-state index is 0. The van der Waals surface area contributed by atoms with E-state index in [2.05, 4.69) is 0 Å². The SMILES string of the molecule is N#CC#N.[SeH2]. The van der Waals surface area contributed by atoms with E-state index in [4.69, 9.17) is 10.5 Å². The van der Waals surface area contributed by atoms with Crippen molar-refractivity contribution in [1.29, 1.82) is 10.5 Å². The fourth-order valence-corrected chi connectivity index (χ4v) is 0. The van der Waals surface area contributed by atoms with Crippen LogP contribution < -0.4 is 0 Å². The summed E-state index contributed by atoms with van der Waals surface area (Å²) in [5.41, 5.74) is 0. The average Bonchev–Trinajstić information content (AvgIpc) is 1.37. The second-order valence-corrected chi connectivity index (χ2v) is 0.224. The standard InChI is InChI=1S/C2N2.H2Se/c3-1-2-4;/h;1H2. The van der Waals surface area contributed by atoms with Crippen LogP contribution in [0.5, 0.6) is 0 Å². The minimum absolute atomic E-state index is 0. The summed E-state index contributed by atoms with van der Waals surface area (Å²) in [5, 5.41) is 14.5. The monoisotopic (exact) mass is 134 g/mol. The zero-order valence-corrected chi connectivity index (χ0v) is 4.49. The second-order valence-electron chi connectivity index (χ2n) is 0.224. The molecule has 0 saturated carbocycles. The molecule has 0 fully saturated rings. The predicted octanol–water partition coefficient (Wildman–Crippen LogP) is -0.883. The number of hydrogen-bond donors (Lipinski definition) is 0. The van der Waals surface area contributed by atoms with Crippen molar-refractivity contribution in [2.45, 2.75) is 0 Å². The Morgan fingerprint density at radius 1 is 1.00 bits per heavy atom. The summed E-state index contributed by atoms with van der Waals surface area (Å²) in [6, 6.07) is 2.47. The van der Waals surface area contributed by atoms with Gasteiger partial charge in [-0.2, -0.15) is 10.5 Å². The van der Waals surface area contributed by atoms with Gasteiger partial charge < -0.3 is 0 Å². The van der Waals surface area contributed by atoms with E-state index in [1.165, 1.54) is 12.1 Å². The normalized spacial score (nSPS) is 2.00. The van der Waals surface area contributed by atoms with Crippen molar-refractivity contribution in [3.8, 4) is 12.1 Å². The zero-order chi connectivity index (χ0) is 3.41. The van der Waals surface area contributed by atoms with Gasteiger partial charge in [-0.15, -0.1) is 0 Å². The molecule has 0 aromatic heterocycles. The van der Waals surface area contributed by atoms with Gasteiger partial charge in [0.15, 0.2) is 12.1 Å². The van der Waals surface area contributed by atoms with Crippen LogP contribution in [0.1, 0.15) is 0 Å². The first-order chi connectivity index (χ1) is 1.91. The summed E-state index contributed by atoms with van der Waals surface area (Å²) >= 11 is 0. The molecule has 0 aromatic rings. The van der Waals surface area contributed by atoms with Gasteiger partial charge in [0.25, 0.3) is 0 Å². The van der Waals surface area contributed by atoms with Gasteiger partial charge in [-0.25, -0.2) is 0 Å². The van der Waals surface area contributed by atoms with E-state index in [1.54, 1.807) is 0 Å². The molecule has 3 heteroatoms. The molecular weight excluding hydrogens is 131 g/mol. The predicted molar refractivity (Wildman–Crippen MR) is 19.8 cm³/mol. The molecule has 0 radical (unpaired) electrons. The van der Waals surface area contributed by atoms with Gasteiger partial charge in [-0.1, -0.05) is 0 Å². The molecule has 0 N–H and O–H groups in total. The molecule has 0 aliphatic heterocycles.